The number of pyridine rings is 1. The molecule has 0 aliphatic carbocycles. The molecule has 18 heavy (non-hydrogen) atoms. The van der Waals surface area contributed by atoms with Gasteiger partial charge >= 0.3 is 0 Å². The molecule has 0 fully saturated rings. The molecule has 4 heteroatoms. The second-order valence-electron chi connectivity index (χ2n) is 4.08. The largest absolute Gasteiger partial charge is 0.454 e. The van der Waals surface area contributed by atoms with Gasteiger partial charge in [0.15, 0.2) is 5.58 Å². The molecular formula is C14H9N3O. The maximum absolute atomic E-state index is 5.91. The van der Waals surface area contributed by atoms with Gasteiger partial charge in [-0.1, -0.05) is 12.1 Å². The lowest BCUT2D eigenvalue weighted by atomic mass is 10.2. The van der Waals surface area contributed by atoms with Gasteiger partial charge in [-0.25, -0.2) is 4.68 Å². The highest BCUT2D eigenvalue weighted by Crippen LogP contribution is 2.31. The van der Waals surface area contributed by atoms with Crippen LogP contribution in [0.15, 0.2) is 59.5 Å². The van der Waals surface area contributed by atoms with E-state index in [0.717, 1.165) is 27.6 Å². The molecule has 0 saturated heterocycles. The summed E-state index contributed by atoms with van der Waals surface area (Å²) in [5.41, 5.74) is 2.62. The summed E-state index contributed by atoms with van der Waals surface area (Å²) in [5.74, 6) is 0. The maximum Gasteiger partial charge on any atom is 0.161 e. The fraction of sp³-hybridized carbons (Fsp3) is 0. The Morgan fingerprint density at radius 1 is 1.00 bits per heavy atom. The predicted molar refractivity (Wildman–Crippen MR) is 68.6 cm³/mol. The highest BCUT2D eigenvalue weighted by atomic mass is 16.3. The van der Waals surface area contributed by atoms with Crippen molar-refractivity contribution < 1.29 is 4.42 Å². The number of fused-ring (bicyclic) bond motifs is 3. The second-order valence-corrected chi connectivity index (χ2v) is 4.08. The fourth-order valence-corrected chi connectivity index (χ4v) is 2.22. The third-order valence-electron chi connectivity index (χ3n) is 3.03. The van der Waals surface area contributed by atoms with Gasteiger partial charge in [-0.05, 0) is 18.2 Å². The van der Waals surface area contributed by atoms with Crippen LogP contribution in [0.2, 0.25) is 0 Å². The summed E-state index contributed by atoms with van der Waals surface area (Å²) in [4.78, 5) is 4.15. The number of furan rings is 1. The van der Waals surface area contributed by atoms with E-state index in [0.29, 0.717) is 0 Å². The molecule has 4 rings (SSSR count). The Kier molecular flexibility index (Phi) is 1.80. The molecule has 86 valence electrons. The van der Waals surface area contributed by atoms with Crippen molar-refractivity contribution in [2.75, 3.05) is 0 Å². The Balaban J connectivity index is 2.17. The molecule has 0 amide bonds. The first-order valence-corrected chi connectivity index (χ1v) is 5.69. The summed E-state index contributed by atoms with van der Waals surface area (Å²) in [6, 6.07) is 9.80. The Labute approximate surface area is 102 Å². The third-order valence-corrected chi connectivity index (χ3v) is 3.03. The van der Waals surface area contributed by atoms with E-state index in [1.807, 2.05) is 42.7 Å². The zero-order chi connectivity index (χ0) is 11.9. The summed E-state index contributed by atoms with van der Waals surface area (Å²) in [5, 5.41) is 6.34. The van der Waals surface area contributed by atoms with Gasteiger partial charge in [-0.2, -0.15) is 5.10 Å². The van der Waals surface area contributed by atoms with Gasteiger partial charge in [0, 0.05) is 35.6 Å². The lowest BCUT2D eigenvalue weighted by Crippen LogP contribution is -1.93. The van der Waals surface area contributed by atoms with E-state index in [4.69, 9.17) is 4.42 Å². The normalized spacial score (nSPS) is 11.3. The number of aromatic nitrogens is 3. The molecule has 0 N–H and O–H groups in total. The predicted octanol–water partition coefficient (Wildman–Crippen LogP) is 3.17. The number of para-hydroxylation sites is 1. The summed E-state index contributed by atoms with van der Waals surface area (Å²) in [7, 11) is 0. The van der Waals surface area contributed by atoms with Crippen LogP contribution in [0.3, 0.4) is 0 Å². The highest BCUT2D eigenvalue weighted by Gasteiger charge is 2.11. The maximum atomic E-state index is 5.91. The Hall–Kier alpha value is -2.62. The molecule has 4 aromatic rings. The first-order chi connectivity index (χ1) is 8.93. The first kappa shape index (κ1) is 9.41. The topological polar surface area (TPSA) is 43.9 Å². The van der Waals surface area contributed by atoms with Crippen LogP contribution in [0.4, 0.5) is 0 Å². The summed E-state index contributed by atoms with van der Waals surface area (Å²) in [6.45, 7) is 0. The smallest absolute Gasteiger partial charge is 0.161 e. The quantitative estimate of drug-likeness (QED) is 0.509. The molecule has 4 nitrogen and oxygen atoms in total. The van der Waals surface area contributed by atoms with Crippen molar-refractivity contribution in [1.29, 1.82) is 0 Å². The standard InChI is InChI=1S/C14H9N3O/c1-3-10-11-9-15-7-5-13(11)18-14(10)12(4-1)17-8-2-6-16-17/h1-9H. The van der Waals surface area contributed by atoms with Gasteiger partial charge in [-0.15, -0.1) is 0 Å². The van der Waals surface area contributed by atoms with Crippen molar-refractivity contribution in [3.63, 3.8) is 0 Å². The van der Waals surface area contributed by atoms with Gasteiger partial charge in [0.2, 0.25) is 0 Å². The molecule has 0 unspecified atom stereocenters. The van der Waals surface area contributed by atoms with E-state index in [9.17, 15) is 0 Å². The molecule has 0 bridgehead atoms. The van der Waals surface area contributed by atoms with Crippen molar-refractivity contribution in [2.45, 2.75) is 0 Å². The van der Waals surface area contributed by atoms with Crippen LogP contribution in [0.5, 0.6) is 0 Å². The van der Waals surface area contributed by atoms with E-state index >= 15 is 0 Å². The molecule has 0 aliphatic heterocycles. The lowest BCUT2D eigenvalue weighted by Gasteiger charge is -2.01. The van der Waals surface area contributed by atoms with Gasteiger partial charge in [0.1, 0.15) is 11.3 Å². The van der Waals surface area contributed by atoms with Gasteiger partial charge in [0.25, 0.3) is 0 Å². The minimum atomic E-state index is 0.837. The van der Waals surface area contributed by atoms with Crippen molar-refractivity contribution in [3.8, 4) is 5.69 Å². The van der Waals surface area contributed by atoms with Crippen LogP contribution in [0, 0.1) is 0 Å². The second kappa shape index (κ2) is 3.43. The lowest BCUT2D eigenvalue weighted by molar-refractivity contribution is 0.661. The molecule has 0 spiro atoms. The Bertz CT molecular complexity index is 831. The number of nitrogens with zero attached hydrogens (tertiary/aromatic N) is 3. The van der Waals surface area contributed by atoms with Gasteiger partial charge < -0.3 is 4.42 Å². The van der Waals surface area contributed by atoms with Gasteiger partial charge in [0.05, 0.1) is 0 Å². The van der Waals surface area contributed by atoms with Crippen LogP contribution in [0.1, 0.15) is 0 Å². The molecule has 1 aromatic carbocycles. The zero-order valence-electron chi connectivity index (χ0n) is 9.45. The minimum absolute atomic E-state index is 0.837. The third kappa shape index (κ3) is 1.20. The molecule has 0 radical (unpaired) electrons. The van der Waals surface area contributed by atoms with Crippen molar-refractivity contribution in [2.24, 2.45) is 0 Å². The van der Waals surface area contributed by atoms with E-state index in [1.165, 1.54) is 0 Å². The number of hydrogen-bond acceptors (Lipinski definition) is 3. The van der Waals surface area contributed by atoms with Crippen LogP contribution in [-0.4, -0.2) is 14.8 Å². The monoisotopic (exact) mass is 235 g/mol. The average Bonchev–Trinajstić information content (AvgIpc) is 3.05. The molecule has 3 heterocycles. The first-order valence-electron chi connectivity index (χ1n) is 5.69. The van der Waals surface area contributed by atoms with Crippen LogP contribution >= 0.6 is 0 Å². The Morgan fingerprint density at radius 2 is 2.00 bits per heavy atom. The molecule has 0 aliphatic rings. The number of benzene rings is 1. The van der Waals surface area contributed by atoms with Crippen molar-refractivity contribution in [1.82, 2.24) is 14.8 Å². The van der Waals surface area contributed by atoms with Crippen molar-refractivity contribution in [3.05, 3.63) is 55.1 Å². The molecule has 0 atom stereocenters. The van der Waals surface area contributed by atoms with Crippen LogP contribution < -0.4 is 0 Å². The summed E-state index contributed by atoms with van der Waals surface area (Å²) >= 11 is 0. The molecule has 0 saturated carbocycles. The number of hydrogen-bond donors (Lipinski definition) is 0. The van der Waals surface area contributed by atoms with E-state index in [-0.39, 0.29) is 0 Å². The van der Waals surface area contributed by atoms with Crippen molar-refractivity contribution >= 4 is 21.9 Å². The highest BCUT2D eigenvalue weighted by molar-refractivity contribution is 6.06. The van der Waals surface area contributed by atoms with E-state index in [2.05, 4.69) is 10.1 Å². The summed E-state index contributed by atoms with van der Waals surface area (Å²) in [6.07, 6.45) is 7.22. The minimum Gasteiger partial charge on any atom is -0.454 e. The van der Waals surface area contributed by atoms with E-state index < -0.39 is 0 Å². The Morgan fingerprint density at radius 3 is 2.89 bits per heavy atom. The average molecular weight is 235 g/mol. The van der Waals surface area contributed by atoms with Crippen LogP contribution in [0.25, 0.3) is 27.6 Å². The molecule has 3 aromatic heterocycles. The van der Waals surface area contributed by atoms with E-state index in [1.54, 1.807) is 17.1 Å². The fourth-order valence-electron chi connectivity index (χ4n) is 2.22. The van der Waals surface area contributed by atoms with Crippen LogP contribution in [-0.2, 0) is 0 Å². The summed E-state index contributed by atoms with van der Waals surface area (Å²) < 4.78 is 7.71. The number of rotatable bonds is 1. The SMILES string of the molecule is c1cc(-n2cccn2)c2oc3ccncc3c2c1. The van der Waals surface area contributed by atoms with Gasteiger partial charge in [-0.3, -0.25) is 4.98 Å². The zero-order valence-corrected chi connectivity index (χ0v) is 9.45. The molecular weight excluding hydrogens is 226 g/mol.